The van der Waals surface area contributed by atoms with Gasteiger partial charge in [0.15, 0.2) is 23.5 Å². The van der Waals surface area contributed by atoms with Crippen molar-refractivity contribution in [1.82, 2.24) is 29.4 Å². The van der Waals surface area contributed by atoms with Crippen molar-refractivity contribution >= 4 is 29.1 Å². The third-order valence-corrected chi connectivity index (χ3v) is 9.21. The molecule has 2 amide bonds. The van der Waals surface area contributed by atoms with Crippen molar-refractivity contribution in [2.45, 2.75) is 63.2 Å². The molecular formula is C33H33ClF2N6O4. The summed E-state index contributed by atoms with van der Waals surface area (Å²) in [6, 6.07) is 11.6. The molecule has 46 heavy (non-hydrogen) atoms. The molecule has 1 fully saturated rings. The van der Waals surface area contributed by atoms with Crippen LogP contribution in [0.3, 0.4) is 0 Å². The lowest BCUT2D eigenvalue weighted by Gasteiger charge is -2.39. The number of piperidine rings is 1. The predicted octanol–water partition coefficient (Wildman–Crippen LogP) is 4.86. The molecule has 4 heterocycles. The summed E-state index contributed by atoms with van der Waals surface area (Å²) in [6.07, 6.45) is 4.45. The summed E-state index contributed by atoms with van der Waals surface area (Å²) in [6.45, 7) is 0.194. The molecule has 0 bridgehead atoms. The second-order valence-electron chi connectivity index (χ2n) is 11.7. The maximum Gasteiger partial charge on any atom is 0.278 e. The zero-order chi connectivity index (χ0) is 32.4. The van der Waals surface area contributed by atoms with E-state index in [9.17, 15) is 23.9 Å². The number of likely N-dealkylation sites (tertiary alicyclic amines) is 1. The minimum Gasteiger partial charge on any atom is -0.505 e. The fourth-order valence-electron chi connectivity index (χ4n) is 6.75. The van der Waals surface area contributed by atoms with Gasteiger partial charge in [0.2, 0.25) is 5.91 Å². The smallest absolute Gasteiger partial charge is 0.278 e. The lowest BCUT2D eigenvalue weighted by atomic mass is 9.74. The average molecular weight is 651 g/mol. The number of aromatic hydroxyl groups is 1. The number of nitrogens with zero attached hydrogens (tertiary/aromatic N) is 5. The van der Waals surface area contributed by atoms with Gasteiger partial charge in [0.1, 0.15) is 18.0 Å². The van der Waals surface area contributed by atoms with Crippen molar-refractivity contribution < 1.29 is 23.5 Å². The quantitative estimate of drug-likeness (QED) is 0.197. The molecular weight excluding hydrogens is 618 g/mol. The van der Waals surface area contributed by atoms with E-state index in [0.717, 1.165) is 4.52 Å². The first-order chi connectivity index (χ1) is 22.2. The molecule has 2 aliphatic rings. The van der Waals surface area contributed by atoms with Crippen LogP contribution in [-0.2, 0) is 23.2 Å². The fourth-order valence-corrected chi connectivity index (χ4v) is 6.87. The highest BCUT2D eigenvalue weighted by atomic mass is 35.5. The molecule has 1 saturated heterocycles. The summed E-state index contributed by atoms with van der Waals surface area (Å²) in [7, 11) is 0. The number of hydrogen-bond acceptors (Lipinski definition) is 6. The van der Waals surface area contributed by atoms with E-state index in [4.69, 9.17) is 11.6 Å². The molecule has 13 heteroatoms. The van der Waals surface area contributed by atoms with E-state index >= 15 is 4.39 Å². The number of hydrogen-bond donors (Lipinski definition) is 2. The van der Waals surface area contributed by atoms with Crippen molar-refractivity contribution in [1.29, 1.82) is 0 Å². The number of halogens is 3. The summed E-state index contributed by atoms with van der Waals surface area (Å²) in [4.78, 5) is 46.1. The minimum atomic E-state index is -1.61. The number of aromatic nitrogens is 4. The van der Waals surface area contributed by atoms with Crippen molar-refractivity contribution in [3.63, 3.8) is 0 Å². The molecule has 6 rings (SSSR count). The number of carbonyl (C=O) groups excluding carboxylic acids is 2. The van der Waals surface area contributed by atoms with Gasteiger partial charge in [-0.2, -0.15) is 9.61 Å². The number of fused-ring (bicyclic) bond motifs is 3. The molecule has 1 unspecified atom stereocenters. The van der Waals surface area contributed by atoms with Gasteiger partial charge in [0.05, 0.1) is 0 Å². The zero-order valence-electron chi connectivity index (χ0n) is 25.0. The standard InChI is InChI=1S/C33H33ClF2N6O4/c34-16-6-2-5-11-24(35)38-25(44)20-41-22-12-13-33(14-18-40(19-15-33)32(46)29-23(43)10-7-17-37-29)26(22)31(45)42-30(41)27(36)28(39-42)21-8-3-1-4-9-21/h1,3-4,6-10,16-17,24,43H,2,5,11-15,18-20H2,(H,38,44)/b16-6+. The van der Waals surface area contributed by atoms with Crippen LogP contribution in [0.15, 0.2) is 65.1 Å². The summed E-state index contributed by atoms with van der Waals surface area (Å²) < 4.78 is 33.4. The lowest BCUT2D eigenvalue weighted by molar-refractivity contribution is -0.123. The Hall–Kier alpha value is -4.58. The first-order valence-electron chi connectivity index (χ1n) is 15.3. The summed E-state index contributed by atoms with van der Waals surface area (Å²) >= 11 is 5.52. The van der Waals surface area contributed by atoms with Gasteiger partial charge in [-0.15, -0.1) is 0 Å². The van der Waals surface area contributed by atoms with E-state index in [-0.39, 0.29) is 29.2 Å². The van der Waals surface area contributed by atoms with Gasteiger partial charge >= 0.3 is 0 Å². The van der Waals surface area contributed by atoms with Crippen LogP contribution >= 0.6 is 11.6 Å². The number of benzene rings is 1. The monoisotopic (exact) mass is 650 g/mol. The van der Waals surface area contributed by atoms with Crippen LogP contribution in [0, 0.1) is 5.82 Å². The topological polar surface area (TPSA) is 122 Å². The Morgan fingerprint density at radius 2 is 1.89 bits per heavy atom. The minimum absolute atomic E-state index is 0.0316. The highest BCUT2D eigenvalue weighted by Gasteiger charge is 2.46. The molecule has 2 N–H and O–H groups in total. The Balaban J connectivity index is 1.36. The molecule has 10 nitrogen and oxygen atoms in total. The number of unbranched alkanes of at least 4 members (excludes halogenated alkanes) is 1. The van der Waals surface area contributed by atoms with Gasteiger partial charge in [-0.1, -0.05) is 48.0 Å². The molecule has 1 aromatic carbocycles. The van der Waals surface area contributed by atoms with Gasteiger partial charge in [-0.05, 0) is 57.1 Å². The maximum absolute atomic E-state index is 16.2. The molecule has 1 aliphatic heterocycles. The zero-order valence-corrected chi connectivity index (χ0v) is 25.7. The van der Waals surface area contributed by atoms with Crippen molar-refractivity contribution in [3.05, 3.63) is 93.4 Å². The van der Waals surface area contributed by atoms with E-state index in [2.05, 4.69) is 15.4 Å². The van der Waals surface area contributed by atoms with Crippen LogP contribution in [0.25, 0.3) is 16.9 Å². The summed E-state index contributed by atoms with van der Waals surface area (Å²) in [5, 5.41) is 16.9. The summed E-state index contributed by atoms with van der Waals surface area (Å²) in [5.41, 5.74) is 1.43. The molecule has 0 radical (unpaired) electrons. The molecule has 240 valence electrons. The van der Waals surface area contributed by atoms with Gasteiger partial charge < -0.3 is 19.9 Å². The fraction of sp³-hybridized carbons (Fsp3) is 0.364. The van der Waals surface area contributed by atoms with Crippen LogP contribution in [0.1, 0.15) is 60.3 Å². The van der Waals surface area contributed by atoms with E-state index in [1.54, 1.807) is 41.3 Å². The second-order valence-corrected chi connectivity index (χ2v) is 12.0. The van der Waals surface area contributed by atoms with Crippen molar-refractivity contribution in [2.24, 2.45) is 0 Å². The Morgan fingerprint density at radius 1 is 1.13 bits per heavy atom. The van der Waals surface area contributed by atoms with Gasteiger partial charge in [-0.25, -0.2) is 13.8 Å². The van der Waals surface area contributed by atoms with Crippen LogP contribution in [0.2, 0.25) is 0 Å². The van der Waals surface area contributed by atoms with E-state index in [1.165, 1.54) is 28.4 Å². The number of amides is 2. The number of allylic oxidation sites excluding steroid dienone is 1. The normalized spacial score (nSPS) is 16.3. The maximum atomic E-state index is 16.2. The first-order valence-corrected chi connectivity index (χ1v) is 15.7. The Labute approximate surface area is 268 Å². The third kappa shape index (κ3) is 5.77. The Morgan fingerprint density at radius 3 is 2.61 bits per heavy atom. The number of rotatable bonds is 9. The first kappa shape index (κ1) is 31.4. The van der Waals surface area contributed by atoms with Crippen LogP contribution in [0.4, 0.5) is 8.78 Å². The van der Waals surface area contributed by atoms with Crippen molar-refractivity contribution in [2.75, 3.05) is 13.1 Å². The SMILES string of the molecule is O=C(Cn1c2c(c(=O)n3nc(-c4ccccc4)c(F)c13)C1(CC2)CCN(C(=O)c2ncccc2O)CC1)NC(F)CCC/C=C/Cl. The molecule has 0 saturated carbocycles. The number of alkyl halides is 1. The second kappa shape index (κ2) is 13.0. The van der Waals surface area contributed by atoms with Crippen LogP contribution in [0.5, 0.6) is 5.75 Å². The average Bonchev–Trinajstić information content (AvgIpc) is 3.60. The van der Waals surface area contributed by atoms with Crippen molar-refractivity contribution in [3.8, 4) is 17.0 Å². The number of pyridine rings is 1. The Kier molecular flexibility index (Phi) is 8.90. The number of nitrogens with one attached hydrogen (secondary N) is 1. The number of carbonyl (C=O) groups is 2. The molecule has 1 atom stereocenters. The van der Waals surface area contributed by atoms with Gasteiger partial charge in [-0.3, -0.25) is 14.4 Å². The lowest BCUT2D eigenvalue weighted by Crippen LogP contribution is -2.46. The highest BCUT2D eigenvalue weighted by Crippen LogP contribution is 2.45. The highest BCUT2D eigenvalue weighted by molar-refractivity contribution is 6.25. The van der Waals surface area contributed by atoms with E-state index in [0.29, 0.717) is 68.4 Å². The molecule has 1 aliphatic carbocycles. The van der Waals surface area contributed by atoms with Gasteiger partial charge in [0.25, 0.3) is 11.5 Å². The van der Waals surface area contributed by atoms with E-state index < -0.39 is 41.4 Å². The largest absolute Gasteiger partial charge is 0.505 e. The summed E-state index contributed by atoms with van der Waals surface area (Å²) in [5.74, 6) is -2.02. The predicted molar refractivity (Wildman–Crippen MR) is 168 cm³/mol. The molecule has 3 aromatic heterocycles. The molecule has 1 spiro atoms. The third-order valence-electron chi connectivity index (χ3n) is 9.03. The van der Waals surface area contributed by atoms with Crippen LogP contribution < -0.4 is 10.9 Å². The van der Waals surface area contributed by atoms with Gasteiger partial charge in [0, 0.05) is 47.1 Å². The molecule has 4 aromatic rings. The van der Waals surface area contributed by atoms with E-state index in [1.807, 2.05) is 0 Å². The van der Waals surface area contributed by atoms with Crippen LogP contribution in [-0.4, -0.2) is 60.4 Å². The Bertz CT molecular complexity index is 1870.